The quantitative estimate of drug-likeness (QED) is 0.0927. The second-order valence-electron chi connectivity index (χ2n) is 19.0. The molecular weight excluding hydrogens is 880 g/mol. The average molecular weight is 936 g/mol. The highest BCUT2D eigenvalue weighted by molar-refractivity contribution is 7.90. The van der Waals surface area contributed by atoms with Gasteiger partial charge in [-0.15, -0.1) is 0 Å². The third kappa shape index (κ3) is 9.97. The number of halogens is 1. The summed E-state index contributed by atoms with van der Waals surface area (Å²) in [7, 11) is -2.61. The number of aromatic amines is 1. The van der Waals surface area contributed by atoms with E-state index in [4.69, 9.17) is 16.3 Å². The molecule has 9 rings (SSSR count). The Bertz CT molecular complexity index is 2830. The molecule has 346 valence electrons. The van der Waals surface area contributed by atoms with Crippen LogP contribution in [0.1, 0.15) is 66.6 Å². The highest BCUT2D eigenvalue weighted by atomic mass is 35.5. The standard InChI is InChI=1S/C49H55ClN8O7S/c1-49(2)12-10-35(43(29-49)33-4-6-37(50)7-5-33)31-55-16-20-56(21-17-55)38-8-9-41(45(27-38)65-39-25-34-11-13-51-47(34)52-30-39)48(60)53-66(63,64)40-26-36-22-32(23-42(36)44(28-40)58(61)62)24-46(59)57-18-14-54(3)15-19-57/h4-9,11,13,25-28,30,32H,10,12,14-24,29,31H2,1-3H3,(H,51,52)(H,53,60)/t32-/m1/s1. The van der Waals surface area contributed by atoms with Crippen molar-refractivity contribution < 1.29 is 27.7 Å². The van der Waals surface area contributed by atoms with Gasteiger partial charge in [0.05, 0.1) is 21.6 Å². The fourth-order valence-electron chi connectivity index (χ4n) is 9.89. The number of nitro benzene ring substituents is 1. The Hall–Kier alpha value is -5.81. The SMILES string of the molecule is CN1CCN(C(=O)C[C@@H]2Cc3cc(S(=O)(=O)NC(=O)c4ccc(N5CCN(CC6=C(c7ccc(Cl)cc7)CC(C)(C)CC6)CC5)cc4Oc4cnc5[nH]ccc5c4)cc([N+](=O)[O-])c3C2)CC1. The first-order chi connectivity index (χ1) is 31.6. The number of amides is 2. The first-order valence-corrected chi connectivity index (χ1v) is 24.5. The number of piperazine rings is 2. The summed E-state index contributed by atoms with van der Waals surface area (Å²) in [5, 5.41) is 13.9. The Morgan fingerprint density at radius 2 is 1.73 bits per heavy atom. The molecule has 2 aliphatic carbocycles. The van der Waals surface area contributed by atoms with Gasteiger partial charge in [0, 0.05) is 105 Å². The molecule has 2 amide bonds. The number of hydrogen-bond acceptors (Lipinski definition) is 11. The van der Waals surface area contributed by atoms with Crippen molar-refractivity contribution in [1.82, 2.24) is 29.4 Å². The number of rotatable bonds is 12. The number of benzene rings is 3. The number of ether oxygens (including phenoxy) is 1. The van der Waals surface area contributed by atoms with E-state index in [0.29, 0.717) is 55.1 Å². The minimum atomic E-state index is -4.62. The number of pyridine rings is 1. The molecule has 0 unspecified atom stereocenters. The molecular formula is C49H55ClN8O7S. The molecule has 1 atom stereocenters. The Kier molecular flexibility index (Phi) is 12.7. The lowest BCUT2D eigenvalue weighted by Gasteiger charge is -2.39. The van der Waals surface area contributed by atoms with Crippen LogP contribution in [0.25, 0.3) is 16.6 Å². The van der Waals surface area contributed by atoms with Crippen molar-refractivity contribution in [2.75, 3.05) is 70.9 Å². The van der Waals surface area contributed by atoms with Gasteiger partial charge in [-0.25, -0.2) is 18.1 Å². The number of fused-ring (bicyclic) bond motifs is 2. The minimum absolute atomic E-state index is 0.0140. The normalized spacial score (nSPS) is 19.2. The molecule has 15 nitrogen and oxygen atoms in total. The average Bonchev–Trinajstić information content (AvgIpc) is 3.93. The number of likely N-dealkylation sites (N-methyl/N-ethyl adjacent to an activating group) is 1. The molecule has 2 aromatic heterocycles. The van der Waals surface area contributed by atoms with Crippen molar-refractivity contribution in [1.29, 1.82) is 0 Å². The maximum Gasteiger partial charge on any atom is 0.274 e. The van der Waals surface area contributed by atoms with Gasteiger partial charge in [0.2, 0.25) is 5.91 Å². The predicted octanol–water partition coefficient (Wildman–Crippen LogP) is 7.70. The van der Waals surface area contributed by atoms with Crippen LogP contribution in [0.3, 0.4) is 0 Å². The van der Waals surface area contributed by atoms with Crippen molar-refractivity contribution >= 4 is 61.4 Å². The van der Waals surface area contributed by atoms with E-state index in [9.17, 15) is 28.1 Å². The highest BCUT2D eigenvalue weighted by Gasteiger charge is 2.35. The van der Waals surface area contributed by atoms with Crippen LogP contribution in [0.5, 0.6) is 11.5 Å². The maximum atomic E-state index is 14.1. The van der Waals surface area contributed by atoms with Gasteiger partial charge in [-0.3, -0.25) is 24.6 Å². The van der Waals surface area contributed by atoms with E-state index in [0.717, 1.165) is 74.1 Å². The smallest absolute Gasteiger partial charge is 0.274 e. The number of carbonyl (C=O) groups excluding carboxylic acids is 2. The lowest BCUT2D eigenvalue weighted by molar-refractivity contribution is -0.385. The second kappa shape index (κ2) is 18.5. The Balaban J connectivity index is 0.930. The van der Waals surface area contributed by atoms with Gasteiger partial charge in [0.15, 0.2) is 0 Å². The van der Waals surface area contributed by atoms with Crippen LogP contribution >= 0.6 is 11.6 Å². The summed E-state index contributed by atoms with van der Waals surface area (Å²) >= 11 is 6.25. The predicted molar refractivity (Wildman–Crippen MR) is 255 cm³/mol. The molecule has 2 fully saturated rings. The number of H-pyrrole nitrogens is 1. The summed E-state index contributed by atoms with van der Waals surface area (Å²) in [6, 6.07) is 19.2. The minimum Gasteiger partial charge on any atom is -0.455 e. The Morgan fingerprint density at radius 3 is 2.47 bits per heavy atom. The number of hydrogen-bond donors (Lipinski definition) is 2. The summed E-state index contributed by atoms with van der Waals surface area (Å²) in [6.07, 6.45) is 7.26. The van der Waals surface area contributed by atoms with E-state index in [-0.39, 0.29) is 47.1 Å². The summed E-state index contributed by atoms with van der Waals surface area (Å²) in [5.41, 5.74) is 6.27. The van der Waals surface area contributed by atoms with Crippen LogP contribution in [0.15, 0.2) is 89.6 Å². The third-order valence-corrected chi connectivity index (χ3v) is 15.3. The molecule has 4 aliphatic rings. The maximum absolute atomic E-state index is 14.1. The van der Waals surface area contributed by atoms with Crippen LogP contribution in [0.2, 0.25) is 5.02 Å². The number of sulfonamides is 1. The lowest BCUT2D eigenvalue weighted by atomic mass is 9.72. The largest absolute Gasteiger partial charge is 0.455 e. The molecule has 0 radical (unpaired) electrons. The molecule has 2 saturated heterocycles. The molecule has 2 aliphatic heterocycles. The number of nitrogens with zero attached hydrogens (tertiary/aromatic N) is 6. The molecule has 5 aromatic rings. The van der Waals surface area contributed by atoms with Gasteiger partial charge in [-0.2, -0.15) is 0 Å². The van der Waals surface area contributed by atoms with Crippen LogP contribution in [0, 0.1) is 21.4 Å². The number of anilines is 1. The van der Waals surface area contributed by atoms with Crippen LogP contribution in [-0.4, -0.2) is 116 Å². The molecule has 0 bridgehead atoms. The number of nitro groups is 1. The van der Waals surface area contributed by atoms with Gasteiger partial charge in [-0.05, 0) is 110 Å². The summed E-state index contributed by atoms with van der Waals surface area (Å²) < 4.78 is 36.5. The molecule has 0 saturated carbocycles. The fourth-order valence-corrected chi connectivity index (χ4v) is 11.0. The topological polar surface area (TPSA) is 174 Å². The van der Waals surface area contributed by atoms with E-state index < -0.39 is 25.7 Å². The van der Waals surface area contributed by atoms with Crippen molar-refractivity contribution in [3.05, 3.63) is 122 Å². The van der Waals surface area contributed by atoms with Crippen LogP contribution in [-0.2, 0) is 27.7 Å². The number of nitrogens with one attached hydrogen (secondary N) is 2. The molecule has 66 heavy (non-hydrogen) atoms. The van der Waals surface area contributed by atoms with Gasteiger partial charge in [-0.1, -0.05) is 43.2 Å². The molecule has 17 heteroatoms. The Labute approximate surface area is 390 Å². The fraction of sp³-hybridized carbons (Fsp3) is 0.408. The first-order valence-electron chi connectivity index (χ1n) is 22.6. The third-order valence-electron chi connectivity index (χ3n) is 13.7. The van der Waals surface area contributed by atoms with E-state index >= 15 is 0 Å². The first kappa shape index (κ1) is 45.4. The van der Waals surface area contributed by atoms with E-state index in [1.807, 2.05) is 30.1 Å². The molecule has 0 spiro atoms. The van der Waals surface area contributed by atoms with Gasteiger partial charge >= 0.3 is 0 Å². The molecule has 4 heterocycles. The van der Waals surface area contributed by atoms with E-state index in [1.165, 1.54) is 29.0 Å². The monoisotopic (exact) mass is 934 g/mol. The number of allylic oxidation sites excluding steroid dienone is 1. The number of carbonyl (C=O) groups is 2. The lowest BCUT2D eigenvalue weighted by Crippen LogP contribution is -2.47. The molecule has 2 N–H and O–H groups in total. The van der Waals surface area contributed by atoms with E-state index in [2.05, 4.69) is 55.4 Å². The van der Waals surface area contributed by atoms with Crippen molar-refractivity contribution in [2.45, 2.75) is 57.3 Å². The summed E-state index contributed by atoms with van der Waals surface area (Å²) in [5.74, 6) is -0.725. The van der Waals surface area contributed by atoms with Crippen molar-refractivity contribution in [2.24, 2.45) is 11.3 Å². The zero-order chi connectivity index (χ0) is 46.3. The van der Waals surface area contributed by atoms with Crippen molar-refractivity contribution in [3.63, 3.8) is 0 Å². The Morgan fingerprint density at radius 1 is 0.970 bits per heavy atom. The van der Waals surface area contributed by atoms with Crippen LogP contribution < -0.4 is 14.4 Å². The van der Waals surface area contributed by atoms with Gasteiger partial charge in [0.1, 0.15) is 17.1 Å². The van der Waals surface area contributed by atoms with Gasteiger partial charge in [0.25, 0.3) is 21.6 Å². The van der Waals surface area contributed by atoms with Gasteiger partial charge < -0.3 is 24.4 Å². The number of aromatic nitrogens is 2. The molecule has 3 aromatic carbocycles. The summed E-state index contributed by atoms with van der Waals surface area (Å²) in [4.78, 5) is 54.8. The second-order valence-corrected chi connectivity index (χ2v) is 21.1. The zero-order valence-electron chi connectivity index (χ0n) is 37.5. The van der Waals surface area contributed by atoms with Crippen LogP contribution in [0.4, 0.5) is 11.4 Å². The highest BCUT2D eigenvalue weighted by Crippen LogP contribution is 2.44. The zero-order valence-corrected chi connectivity index (χ0v) is 39.1. The summed E-state index contributed by atoms with van der Waals surface area (Å²) in [6.45, 7) is 11.4. The van der Waals surface area contributed by atoms with Crippen molar-refractivity contribution in [3.8, 4) is 11.5 Å². The van der Waals surface area contributed by atoms with E-state index in [1.54, 1.807) is 30.5 Å².